The summed E-state index contributed by atoms with van der Waals surface area (Å²) in [6.07, 6.45) is 6.05. The van der Waals surface area contributed by atoms with Crippen molar-refractivity contribution in [3.05, 3.63) is 66.2 Å². The summed E-state index contributed by atoms with van der Waals surface area (Å²) in [6.45, 7) is 0. The maximum absolute atomic E-state index is 13.4. The number of benzene rings is 3. The van der Waals surface area contributed by atoms with E-state index in [2.05, 4.69) is 4.72 Å². The standard InChI is InChI=1S/C25H27NO4S/c1-29-20-11-9-19-16-21(12-10-18(19)15-20)31(27,28)26-23-17-25(13-5-2-6-14-25)30-24-8-4-3-7-22(23)24/h3-4,7-12,15-16,23,26H,2,5-6,13-14,17H2,1H3. The number of nitrogens with one attached hydrogen (secondary N) is 1. The molecule has 1 atom stereocenters. The van der Waals surface area contributed by atoms with Crippen LogP contribution in [-0.2, 0) is 10.0 Å². The van der Waals surface area contributed by atoms with Crippen molar-refractivity contribution >= 4 is 20.8 Å². The average Bonchev–Trinajstić information content (AvgIpc) is 2.78. The molecule has 1 N–H and O–H groups in total. The first-order valence-corrected chi connectivity index (χ1v) is 12.3. The smallest absolute Gasteiger partial charge is 0.241 e. The molecule has 5 rings (SSSR count). The Labute approximate surface area is 183 Å². The molecule has 0 bridgehead atoms. The van der Waals surface area contributed by atoms with Crippen molar-refractivity contribution in [2.45, 2.75) is 55.1 Å². The molecule has 162 valence electrons. The molecule has 1 aliphatic heterocycles. The van der Waals surface area contributed by atoms with Crippen molar-refractivity contribution in [3.8, 4) is 11.5 Å². The van der Waals surface area contributed by atoms with E-state index in [4.69, 9.17) is 9.47 Å². The van der Waals surface area contributed by atoms with Crippen molar-refractivity contribution in [2.75, 3.05) is 7.11 Å². The zero-order chi connectivity index (χ0) is 21.5. The third kappa shape index (κ3) is 3.90. The Morgan fingerprint density at radius 1 is 0.968 bits per heavy atom. The summed E-state index contributed by atoms with van der Waals surface area (Å²) in [6, 6.07) is 18.3. The van der Waals surface area contributed by atoms with Gasteiger partial charge >= 0.3 is 0 Å². The lowest BCUT2D eigenvalue weighted by molar-refractivity contribution is 0.0000753. The number of sulfonamides is 1. The zero-order valence-corrected chi connectivity index (χ0v) is 18.5. The highest BCUT2D eigenvalue weighted by Crippen LogP contribution is 2.46. The van der Waals surface area contributed by atoms with Crippen molar-refractivity contribution in [2.24, 2.45) is 0 Å². The van der Waals surface area contributed by atoms with Crippen molar-refractivity contribution < 1.29 is 17.9 Å². The molecule has 0 saturated heterocycles. The molecule has 0 radical (unpaired) electrons. The fraction of sp³-hybridized carbons (Fsp3) is 0.360. The SMILES string of the molecule is COc1ccc2cc(S(=O)(=O)NC3CC4(CCCCC4)Oc4ccccc43)ccc2c1. The second-order valence-electron chi connectivity index (χ2n) is 8.64. The lowest BCUT2D eigenvalue weighted by atomic mass is 9.77. The molecule has 1 spiro atoms. The molecule has 5 nitrogen and oxygen atoms in total. The van der Waals surface area contributed by atoms with Gasteiger partial charge in [-0.1, -0.05) is 36.8 Å². The summed E-state index contributed by atoms with van der Waals surface area (Å²) in [7, 11) is -2.08. The minimum absolute atomic E-state index is 0.270. The van der Waals surface area contributed by atoms with Crippen LogP contribution in [0.2, 0.25) is 0 Å². The molecule has 3 aromatic carbocycles. The number of para-hydroxylation sites is 1. The zero-order valence-electron chi connectivity index (χ0n) is 17.6. The monoisotopic (exact) mass is 437 g/mol. The quantitative estimate of drug-likeness (QED) is 0.597. The van der Waals surface area contributed by atoms with E-state index in [9.17, 15) is 8.42 Å². The number of ether oxygens (including phenoxy) is 2. The predicted octanol–water partition coefficient (Wildman–Crippen LogP) is 5.35. The first-order valence-electron chi connectivity index (χ1n) is 10.9. The first-order chi connectivity index (χ1) is 15.0. The fourth-order valence-corrected chi connectivity index (χ4v) is 6.23. The molecule has 0 amide bonds. The van der Waals surface area contributed by atoms with Gasteiger partial charge in [0, 0.05) is 12.0 Å². The lowest BCUT2D eigenvalue weighted by Gasteiger charge is -2.44. The van der Waals surface area contributed by atoms with Crippen LogP contribution in [0.5, 0.6) is 11.5 Å². The van der Waals surface area contributed by atoms with Crippen LogP contribution < -0.4 is 14.2 Å². The Balaban J connectivity index is 1.48. The maximum atomic E-state index is 13.4. The summed E-state index contributed by atoms with van der Waals surface area (Å²) in [4.78, 5) is 0.270. The third-order valence-corrected chi connectivity index (χ3v) is 8.06. The van der Waals surface area contributed by atoms with Crippen molar-refractivity contribution in [3.63, 3.8) is 0 Å². The van der Waals surface area contributed by atoms with Gasteiger partial charge in [0.15, 0.2) is 0 Å². The van der Waals surface area contributed by atoms with Crippen LogP contribution in [0.15, 0.2) is 65.6 Å². The Kier molecular flexibility index (Phi) is 5.15. The molecule has 2 aliphatic rings. The van der Waals surface area contributed by atoms with Gasteiger partial charge in [-0.3, -0.25) is 0 Å². The Morgan fingerprint density at radius 2 is 1.71 bits per heavy atom. The molecule has 31 heavy (non-hydrogen) atoms. The molecule has 6 heteroatoms. The van der Waals surface area contributed by atoms with Crippen LogP contribution in [0.1, 0.15) is 50.1 Å². The fourth-order valence-electron chi connectivity index (χ4n) is 4.98. The van der Waals surface area contributed by atoms with E-state index in [1.54, 1.807) is 19.2 Å². The van der Waals surface area contributed by atoms with E-state index in [1.807, 2.05) is 48.5 Å². The highest BCUT2D eigenvalue weighted by molar-refractivity contribution is 7.89. The van der Waals surface area contributed by atoms with Gasteiger partial charge < -0.3 is 9.47 Å². The summed E-state index contributed by atoms with van der Waals surface area (Å²) < 4.78 is 41.4. The van der Waals surface area contributed by atoms with E-state index in [1.165, 1.54) is 6.42 Å². The molecule has 1 unspecified atom stereocenters. The van der Waals surface area contributed by atoms with Gasteiger partial charge in [0.2, 0.25) is 10.0 Å². The topological polar surface area (TPSA) is 64.6 Å². The largest absolute Gasteiger partial charge is 0.497 e. The summed E-state index contributed by atoms with van der Waals surface area (Å²) in [5.41, 5.74) is 0.632. The Morgan fingerprint density at radius 3 is 2.52 bits per heavy atom. The third-order valence-electron chi connectivity index (χ3n) is 6.59. The molecular formula is C25H27NO4S. The number of methoxy groups -OCH3 is 1. The molecular weight excluding hydrogens is 410 g/mol. The van der Waals surface area contributed by atoms with Gasteiger partial charge in [-0.05, 0) is 66.8 Å². The van der Waals surface area contributed by atoms with E-state index in [0.717, 1.165) is 53.5 Å². The summed E-state index contributed by atoms with van der Waals surface area (Å²) in [5, 5.41) is 1.80. The first kappa shape index (κ1) is 20.3. The predicted molar refractivity (Wildman–Crippen MR) is 121 cm³/mol. The highest BCUT2D eigenvalue weighted by Gasteiger charge is 2.42. The van der Waals surface area contributed by atoms with Gasteiger partial charge in [0.1, 0.15) is 17.1 Å². The highest BCUT2D eigenvalue weighted by atomic mass is 32.2. The summed E-state index contributed by atoms with van der Waals surface area (Å²) >= 11 is 0. The number of hydrogen-bond acceptors (Lipinski definition) is 4. The van der Waals surface area contributed by atoms with Gasteiger partial charge in [-0.2, -0.15) is 0 Å². The van der Waals surface area contributed by atoms with Gasteiger partial charge in [0.25, 0.3) is 0 Å². The van der Waals surface area contributed by atoms with Crippen LogP contribution in [0.25, 0.3) is 10.8 Å². The number of fused-ring (bicyclic) bond motifs is 2. The molecule has 3 aromatic rings. The number of hydrogen-bond donors (Lipinski definition) is 1. The molecule has 1 aliphatic carbocycles. The molecule has 1 heterocycles. The molecule has 0 aromatic heterocycles. The van der Waals surface area contributed by atoms with Crippen LogP contribution in [0.4, 0.5) is 0 Å². The Hall–Kier alpha value is -2.57. The van der Waals surface area contributed by atoms with Crippen LogP contribution in [-0.4, -0.2) is 21.1 Å². The van der Waals surface area contributed by atoms with E-state index < -0.39 is 10.0 Å². The van der Waals surface area contributed by atoms with E-state index in [0.29, 0.717) is 6.42 Å². The van der Waals surface area contributed by atoms with E-state index in [-0.39, 0.29) is 16.5 Å². The van der Waals surface area contributed by atoms with Crippen molar-refractivity contribution in [1.29, 1.82) is 0 Å². The van der Waals surface area contributed by atoms with E-state index >= 15 is 0 Å². The number of rotatable bonds is 4. The minimum Gasteiger partial charge on any atom is -0.497 e. The molecule has 1 saturated carbocycles. The second kappa shape index (κ2) is 7.84. The van der Waals surface area contributed by atoms with Gasteiger partial charge in [0.05, 0.1) is 18.0 Å². The van der Waals surface area contributed by atoms with Crippen LogP contribution in [0, 0.1) is 0 Å². The van der Waals surface area contributed by atoms with Crippen LogP contribution in [0.3, 0.4) is 0 Å². The maximum Gasteiger partial charge on any atom is 0.241 e. The van der Waals surface area contributed by atoms with Gasteiger partial charge in [-0.15, -0.1) is 0 Å². The van der Waals surface area contributed by atoms with Gasteiger partial charge in [-0.25, -0.2) is 13.1 Å². The van der Waals surface area contributed by atoms with Crippen LogP contribution >= 0.6 is 0 Å². The summed E-state index contributed by atoms with van der Waals surface area (Å²) in [5.74, 6) is 1.55. The lowest BCUT2D eigenvalue weighted by Crippen LogP contribution is -2.46. The minimum atomic E-state index is -3.70. The molecule has 1 fully saturated rings. The second-order valence-corrected chi connectivity index (χ2v) is 10.4. The van der Waals surface area contributed by atoms with Crippen molar-refractivity contribution in [1.82, 2.24) is 4.72 Å². The average molecular weight is 438 g/mol. The Bertz CT molecular complexity index is 1220. The normalized spacial score (nSPS) is 20.2.